The van der Waals surface area contributed by atoms with E-state index in [1.807, 2.05) is 32.2 Å². The first-order chi connectivity index (χ1) is 13.6. The molecule has 0 saturated carbocycles. The molecule has 0 bridgehead atoms. The molecule has 2 aromatic rings. The van der Waals surface area contributed by atoms with Gasteiger partial charge in [0.15, 0.2) is 5.96 Å². The summed E-state index contributed by atoms with van der Waals surface area (Å²) in [5.74, 6) is 1.71. The fourth-order valence-corrected chi connectivity index (χ4v) is 4.52. The van der Waals surface area contributed by atoms with E-state index in [9.17, 15) is 0 Å². The van der Waals surface area contributed by atoms with E-state index in [1.54, 1.807) is 0 Å². The van der Waals surface area contributed by atoms with Crippen molar-refractivity contribution in [3.05, 3.63) is 38.9 Å². The molecular weight excluding hydrogens is 374 g/mol. The van der Waals surface area contributed by atoms with Crippen LogP contribution in [0.1, 0.15) is 32.8 Å². The molecule has 7 nitrogen and oxygen atoms in total. The van der Waals surface area contributed by atoms with Gasteiger partial charge < -0.3 is 19.9 Å². The van der Waals surface area contributed by atoms with Gasteiger partial charge in [0.05, 0.1) is 24.9 Å². The van der Waals surface area contributed by atoms with Crippen LogP contribution >= 0.6 is 11.3 Å². The molecule has 154 valence electrons. The second-order valence-corrected chi connectivity index (χ2v) is 8.36. The molecule has 1 atom stereocenters. The predicted molar refractivity (Wildman–Crippen MR) is 113 cm³/mol. The third-order valence-corrected chi connectivity index (χ3v) is 6.21. The highest BCUT2D eigenvalue weighted by Crippen LogP contribution is 2.27. The summed E-state index contributed by atoms with van der Waals surface area (Å²) < 4.78 is 10.8. The lowest BCUT2D eigenvalue weighted by atomic mass is 10.1. The van der Waals surface area contributed by atoms with Crippen molar-refractivity contribution in [3.63, 3.8) is 0 Å². The summed E-state index contributed by atoms with van der Waals surface area (Å²) in [6.07, 6.45) is 0.860. The molecule has 3 heterocycles. The first kappa shape index (κ1) is 20.8. The molecule has 2 aromatic heterocycles. The smallest absolute Gasteiger partial charge is 0.191 e. The Bertz CT molecular complexity index is 760. The van der Waals surface area contributed by atoms with E-state index in [0.29, 0.717) is 6.04 Å². The van der Waals surface area contributed by atoms with E-state index in [-0.39, 0.29) is 0 Å². The highest BCUT2D eigenvalue weighted by atomic mass is 32.1. The van der Waals surface area contributed by atoms with Crippen LogP contribution in [0.15, 0.2) is 21.6 Å². The third kappa shape index (κ3) is 5.33. The third-order valence-electron chi connectivity index (χ3n) is 5.11. The summed E-state index contributed by atoms with van der Waals surface area (Å²) in [6, 6.07) is 4.77. The maximum absolute atomic E-state index is 5.54. The van der Waals surface area contributed by atoms with Crippen molar-refractivity contribution in [1.82, 2.24) is 20.7 Å². The molecule has 0 radical (unpaired) electrons. The van der Waals surface area contributed by atoms with Crippen molar-refractivity contribution in [1.29, 1.82) is 0 Å². The molecule has 3 rings (SSSR count). The van der Waals surface area contributed by atoms with E-state index in [1.165, 1.54) is 15.3 Å². The summed E-state index contributed by atoms with van der Waals surface area (Å²) in [7, 11) is 1.81. The second kappa shape index (κ2) is 10.0. The van der Waals surface area contributed by atoms with Gasteiger partial charge in [-0.1, -0.05) is 5.16 Å². The monoisotopic (exact) mass is 405 g/mol. The van der Waals surface area contributed by atoms with Crippen LogP contribution in [0.25, 0.3) is 0 Å². The van der Waals surface area contributed by atoms with Gasteiger partial charge in [-0.25, -0.2) is 0 Å². The number of hydrogen-bond donors (Lipinski definition) is 2. The molecule has 28 heavy (non-hydrogen) atoms. The number of hydrogen-bond acceptors (Lipinski definition) is 6. The number of nitrogens with one attached hydrogen (secondary N) is 2. The van der Waals surface area contributed by atoms with Gasteiger partial charge in [0, 0.05) is 48.5 Å². The van der Waals surface area contributed by atoms with Crippen LogP contribution in [0.5, 0.6) is 0 Å². The first-order valence-electron chi connectivity index (χ1n) is 9.83. The minimum absolute atomic E-state index is 0.323. The number of ether oxygens (including phenoxy) is 1. The van der Waals surface area contributed by atoms with Crippen molar-refractivity contribution >= 4 is 17.3 Å². The number of aryl methyl sites for hydroxylation is 3. The molecule has 1 fully saturated rings. The molecule has 1 saturated heterocycles. The molecule has 0 amide bonds. The van der Waals surface area contributed by atoms with Crippen LogP contribution in [-0.2, 0) is 11.2 Å². The zero-order valence-electron chi connectivity index (χ0n) is 17.2. The number of guanidine groups is 1. The van der Waals surface area contributed by atoms with Crippen molar-refractivity contribution in [2.24, 2.45) is 4.99 Å². The minimum atomic E-state index is 0.323. The molecular formula is C20H31N5O2S. The maximum atomic E-state index is 5.54. The molecule has 0 aliphatic carbocycles. The first-order valence-corrected chi connectivity index (χ1v) is 10.6. The van der Waals surface area contributed by atoms with Crippen molar-refractivity contribution < 1.29 is 9.26 Å². The Labute approximate surface area is 171 Å². The number of aliphatic imine (C=N–C) groups is 1. The summed E-state index contributed by atoms with van der Waals surface area (Å²) in [6.45, 7) is 11.2. The lowest BCUT2D eigenvalue weighted by Gasteiger charge is -2.34. The molecule has 0 aromatic carbocycles. The molecule has 1 aliphatic rings. The Hall–Kier alpha value is -1.90. The number of thiophene rings is 1. The Morgan fingerprint density at radius 3 is 2.64 bits per heavy atom. The lowest BCUT2D eigenvalue weighted by Crippen LogP contribution is -2.46. The van der Waals surface area contributed by atoms with Crippen LogP contribution < -0.4 is 10.6 Å². The summed E-state index contributed by atoms with van der Waals surface area (Å²) in [4.78, 5) is 9.61. The lowest BCUT2D eigenvalue weighted by molar-refractivity contribution is 0.0177. The number of morpholine rings is 1. The summed E-state index contributed by atoms with van der Waals surface area (Å²) >= 11 is 1.87. The summed E-state index contributed by atoms with van der Waals surface area (Å²) in [5, 5.41) is 10.9. The van der Waals surface area contributed by atoms with Crippen molar-refractivity contribution in [2.75, 3.05) is 46.4 Å². The largest absolute Gasteiger partial charge is 0.379 e. The Morgan fingerprint density at radius 2 is 2.04 bits per heavy atom. The zero-order chi connectivity index (χ0) is 19.9. The van der Waals surface area contributed by atoms with Gasteiger partial charge in [0.25, 0.3) is 0 Å². The quantitative estimate of drug-likeness (QED) is 0.544. The SMILES string of the molecule is CN=C(NCCc1c(C)noc1C)NCC(c1ccc(C)s1)N1CCOCC1. The van der Waals surface area contributed by atoms with Gasteiger partial charge in [-0.2, -0.15) is 0 Å². The second-order valence-electron chi connectivity index (χ2n) is 7.05. The van der Waals surface area contributed by atoms with Crippen molar-refractivity contribution in [3.8, 4) is 0 Å². The predicted octanol–water partition coefficient (Wildman–Crippen LogP) is 2.44. The van der Waals surface area contributed by atoms with E-state index in [0.717, 1.165) is 63.2 Å². The average molecular weight is 406 g/mol. The van der Waals surface area contributed by atoms with Crippen LogP contribution in [0.3, 0.4) is 0 Å². The number of aromatic nitrogens is 1. The zero-order valence-corrected chi connectivity index (χ0v) is 18.1. The average Bonchev–Trinajstić information content (AvgIpc) is 3.27. The highest BCUT2D eigenvalue weighted by molar-refractivity contribution is 7.12. The Balaban J connectivity index is 1.56. The highest BCUT2D eigenvalue weighted by Gasteiger charge is 2.24. The van der Waals surface area contributed by atoms with Gasteiger partial charge in [0.1, 0.15) is 5.76 Å². The fraction of sp³-hybridized carbons (Fsp3) is 0.600. The van der Waals surface area contributed by atoms with Gasteiger partial charge in [-0.05, 0) is 39.3 Å². The Kier molecular flexibility index (Phi) is 7.47. The molecule has 1 unspecified atom stereocenters. The summed E-state index contributed by atoms with van der Waals surface area (Å²) in [5.41, 5.74) is 2.13. The van der Waals surface area contributed by atoms with Crippen LogP contribution in [0.2, 0.25) is 0 Å². The fourth-order valence-electron chi connectivity index (χ4n) is 3.51. The molecule has 0 spiro atoms. The Morgan fingerprint density at radius 1 is 1.25 bits per heavy atom. The van der Waals surface area contributed by atoms with Gasteiger partial charge in [-0.15, -0.1) is 11.3 Å². The van der Waals surface area contributed by atoms with Gasteiger partial charge in [0.2, 0.25) is 0 Å². The number of nitrogens with zero attached hydrogens (tertiary/aromatic N) is 3. The van der Waals surface area contributed by atoms with E-state index in [4.69, 9.17) is 9.26 Å². The van der Waals surface area contributed by atoms with Gasteiger partial charge >= 0.3 is 0 Å². The van der Waals surface area contributed by atoms with E-state index >= 15 is 0 Å². The number of rotatable bonds is 7. The van der Waals surface area contributed by atoms with E-state index in [2.05, 4.69) is 44.7 Å². The maximum Gasteiger partial charge on any atom is 0.191 e. The van der Waals surface area contributed by atoms with Gasteiger partial charge in [-0.3, -0.25) is 9.89 Å². The van der Waals surface area contributed by atoms with Crippen LogP contribution in [-0.4, -0.2) is 62.5 Å². The minimum Gasteiger partial charge on any atom is -0.379 e. The van der Waals surface area contributed by atoms with Crippen LogP contribution in [0, 0.1) is 20.8 Å². The standard InChI is InChI=1S/C20H31N5O2S/c1-14-5-6-19(28-14)18(25-9-11-26-12-10-25)13-23-20(21-4)22-8-7-17-15(2)24-27-16(17)3/h5-6,18H,7-13H2,1-4H3,(H2,21,22,23). The van der Waals surface area contributed by atoms with Crippen molar-refractivity contribution in [2.45, 2.75) is 33.2 Å². The van der Waals surface area contributed by atoms with E-state index < -0.39 is 0 Å². The molecule has 2 N–H and O–H groups in total. The normalized spacial score (nSPS) is 16.9. The molecule has 8 heteroatoms. The topological polar surface area (TPSA) is 74.9 Å². The molecule has 1 aliphatic heterocycles. The van der Waals surface area contributed by atoms with Crippen LogP contribution in [0.4, 0.5) is 0 Å².